The van der Waals surface area contributed by atoms with Crippen LogP contribution in [0.5, 0.6) is 0 Å². The topological polar surface area (TPSA) is 34.7 Å². The van der Waals surface area contributed by atoms with Crippen LogP contribution >= 0.6 is 0 Å². The van der Waals surface area contributed by atoms with Crippen molar-refractivity contribution < 1.29 is 9.32 Å². The highest BCUT2D eigenvalue weighted by Gasteiger charge is 2.26. The molecule has 2 heterocycles. The van der Waals surface area contributed by atoms with Gasteiger partial charge in [0.25, 0.3) is 0 Å². The van der Waals surface area contributed by atoms with Crippen molar-refractivity contribution in [2.45, 2.75) is 26.8 Å². The lowest BCUT2D eigenvalue weighted by Crippen LogP contribution is -3.13. The first-order valence-corrected chi connectivity index (χ1v) is 8.88. The van der Waals surface area contributed by atoms with Crippen molar-refractivity contribution >= 4 is 21.7 Å². The number of piperidine rings is 1. The number of likely N-dealkylation sites (tertiary alicyclic amines) is 1. The molecule has 1 N–H and O–H groups in total. The highest BCUT2D eigenvalue weighted by atomic mass is 16.4. The van der Waals surface area contributed by atoms with Crippen molar-refractivity contribution in [3.05, 3.63) is 58.4 Å². The van der Waals surface area contributed by atoms with Gasteiger partial charge in [-0.1, -0.05) is 44.2 Å². The second-order valence-electron chi connectivity index (χ2n) is 7.53. The SMILES string of the molecule is C[C@H]1C[C@H](C)C[NH+](Cc2cc(=O)oc3ccc4ccccc4c23)C1. The summed E-state index contributed by atoms with van der Waals surface area (Å²) in [7, 11) is 0. The van der Waals surface area contributed by atoms with Gasteiger partial charge in [0.1, 0.15) is 12.1 Å². The Kier molecular flexibility index (Phi) is 3.89. The summed E-state index contributed by atoms with van der Waals surface area (Å²) in [6, 6.07) is 14.0. The molecule has 24 heavy (non-hydrogen) atoms. The van der Waals surface area contributed by atoms with Crippen molar-refractivity contribution in [3.8, 4) is 0 Å². The van der Waals surface area contributed by atoms with Gasteiger partial charge in [-0.2, -0.15) is 0 Å². The molecule has 0 spiro atoms. The Morgan fingerprint density at radius 2 is 1.83 bits per heavy atom. The largest absolute Gasteiger partial charge is 0.423 e. The fraction of sp³-hybridized carbons (Fsp3) is 0.381. The predicted octanol–water partition coefficient (Wildman–Crippen LogP) is 3.01. The molecule has 1 aliphatic rings. The van der Waals surface area contributed by atoms with E-state index in [9.17, 15) is 4.79 Å². The first kappa shape index (κ1) is 15.4. The molecule has 1 saturated heterocycles. The second-order valence-corrected chi connectivity index (χ2v) is 7.53. The smallest absolute Gasteiger partial charge is 0.336 e. The lowest BCUT2D eigenvalue weighted by Gasteiger charge is -2.32. The second kappa shape index (κ2) is 6.06. The van der Waals surface area contributed by atoms with Gasteiger partial charge < -0.3 is 9.32 Å². The zero-order chi connectivity index (χ0) is 16.7. The van der Waals surface area contributed by atoms with Crippen molar-refractivity contribution in [1.29, 1.82) is 0 Å². The lowest BCUT2D eigenvalue weighted by atomic mass is 9.91. The third kappa shape index (κ3) is 2.84. The summed E-state index contributed by atoms with van der Waals surface area (Å²) in [5.74, 6) is 1.48. The third-order valence-corrected chi connectivity index (χ3v) is 5.23. The Morgan fingerprint density at radius 3 is 2.62 bits per heavy atom. The van der Waals surface area contributed by atoms with Gasteiger partial charge in [0, 0.05) is 28.9 Å². The molecule has 4 rings (SSSR count). The highest BCUT2D eigenvalue weighted by Crippen LogP contribution is 2.27. The zero-order valence-electron chi connectivity index (χ0n) is 14.3. The zero-order valence-corrected chi connectivity index (χ0v) is 14.3. The Hall–Kier alpha value is -2.13. The number of hydrogen-bond donors (Lipinski definition) is 1. The van der Waals surface area contributed by atoms with Crippen LogP contribution < -0.4 is 10.5 Å². The summed E-state index contributed by atoms with van der Waals surface area (Å²) in [5, 5.41) is 3.47. The molecule has 0 aliphatic carbocycles. The van der Waals surface area contributed by atoms with E-state index in [1.165, 1.54) is 30.3 Å². The van der Waals surface area contributed by atoms with E-state index in [2.05, 4.69) is 32.0 Å². The average molecular weight is 322 g/mol. The molecule has 2 atom stereocenters. The van der Waals surface area contributed by atoms with E-state index < -0.39 is 0 Å². The molecule has 3 aromatic rings. The van der Waals surface area contributed by atoms with Crippen LogP contribution in [0.15, 0.2) is 51.7 Å². The maximum Gasteiger partial charge on any atom is 0.336 e. The number of benzene rings is 2. The minimum Gasteiger partial charge on any atom is -0.423 e. The molecule has 1 aliphatic heterocycles. The van der Waals surface area contributed by atoms with Crippen molar-refractivity contribution in [3.63, 3.8) is 0 Å². The first-order valence-electron chi connectivity index (χ1n) is 8.88. The van der Waals surface area contributed by atoms with Crippen LogP contribution in [-0.2, 0) is 6.54 Å². The van der Waals surface area contributed by atoms with Crippen molar-refractivity contribution in [1.82, 2.24) is 0 Å². The van der Waals surface area contributed by atoms with E-state index in [4.69, 9.17) is 4.42 Å². The molecule has 0 bridgehead atoms. The first-order chi connectivity index (χ1) is 11.6. The van der Waals surface area contributed by atoms with E-state index in [0.717, 1.165) is 29.3 Å². The summed E-state index contributed by atoms with van der Waals surface area (Å²) in [6.07, 6.45) is 1.31. The van der Waals surface area contributed by atoms with E-state index in [-0.39, 0.29) is 5.63 Å². The van der Waals surface area contributed by atoms with E-state index in [0.29, 0.717) is 5.58 Å². The highest BCUT2D eigenvalue weighted by molar-refractivity contribution is 6.06. The van der Waals surface area contributed by atoms with Crippen LogP contribution in [0.25, 0.3) is 21.7 Å². The number of nitrogens with one attached hydrogen (secondary N) is 1. The summed E-state index contributed by atoms with van der Waals surface area (Å²) >= 11 is 0. The summed E-state index contributed by atoms with van der Waals surface area (Å²) in [4.78, 5) is 13.6. The summed E-state index contributed by atoms with van der Waals surface area (Å²) in [6.45, 7) is 7.92. The molecule has 3 nitrogen and oxygen atoms in total. The van der Waals surface area contributed by atoms with Gasteiger partial charge in [-0.3, -0.25) is 0 Å². The predicted molar refractivity (Wildman–Crippen MR) is 97.3 cm³/mol. The van der Waals surface area contributed by atoms with Gasteiger partial charge in [0.15, 0.2) is 0 Å². The van der Waals surface area contributed by atoms with Gasteiger partial charge in [0.05, 0.1) is 13.1 Å². The Morgan fingerprint density at radius 1 is 1.08 bits per heavy atom. The van der Waals surface area contributed by atoms with Crippen molar-refractivity contribution in [2.75, 3.05) is 13.1 Å². The summed E-state index contributed by atoms with van der Waals surface area (Å²) in [5.41, 5.74) is 1.58. The molecule has 2 aromatic carbocycles. The van der Waals surface area contributed by atoms with Crippen LogP contribution in [0.3, 0.4) is 0 Å². The lowest BCUT2D eigenvalue weighted by molar-refractivity contribution is -0.925. The molecule has 124 valence electrons. The Balaban J connectivity index is 1.84. The van der Waals surface area contributed by atoms with Crippen LogP contribution in [0.1, 0.15) is 25.8 Å². The fourth-order valence-corrected chi connectivity index (χ4v) is 4.50. The Bertz CT molecular complexity index is 933. The molecule has 0 saturated carbocycles. The van der Waals surface area contributed by atoms with Gasteiger partial charge in [-0.05, 0) is 23.3 Å². The van der Waals surface area contributed by atoms with E-state index >= 15 is 0 Å². The van der Waals surface area contributed by atoms with E-state index in [1.807, 2.05) is 18.2 Å². The average Bonchev–Trinajstić information content (AvgIpc) is 2.53. The van der Waals surface area contributed by atoms with E-state index in [1.54, 1.807) is 11.0 Å². The van der Waals surface area contributed by atoms with Crippen LogP contribution in [0.4, 0.5) is 0 Å². The fourth-order valence-electron chi connectivity index (χ4n) is 4.50. The molecule has 1 fully saturated rings. The maximum absolute atomic E-state index is 12.0. The van der Waals surface area contributed by atoms with Gasteiger partial charge in [-0.25, -0.2) is 4.79 Å². The standard InChI is InChI=1S/C21H23NO2/c1-14-9-15(2)12-22(11-14)13-17-10-20(23)24-19-8-7-16-5-3-4-6-18(16)21(17)19/h3-8,10,14-15H,9,11-13H2,1-2H3/p+1/t14-,15-/m0/s1. The monoisotopic (exact) mass is 322 g/mol. The molecule has 0 radical (unpaired) electrons. The quantitative estimate of drug-likeness (QED) is 0.581. The summed E-state index contributed by atoms with van der Waals surface area (Å²) < 4.78 is 5.48. The number of rotatable bonds is 2. The van der Waals surface area contributed by atoms with Crippen LogP contribution in [0.2, 0.25) is 0 Å². The molecule has 1 aromatic heterocycles. The van der Waals surface area contributed by atoms with Gasteiger partial charge in [-0.15, -0.1) is 0 Å². The van der Waals surface area contributed by atoms with Gasteiger partial charge in [0.2, 0.25) is 0 Å². The number of fused-ring (bicyclic) bond motifs is 3. The van der Waals surface area contributed by atoms with Crippen LogP contribution in [0, 0.1) is 11.8 Å². The maximum atomic E-state index is 12.0. The van der Waals surface area contributed by atoms with Crippen LogP contribution in [-0.4, -0.2) is 13.1 Å². The van der Waals surface area contributed by atoms with Crippen molar-refractivity contribution in [2.24, 2.45) is 11.8 Å². The number of quaternary nitrogens is 1. The van der Waals surface area contributed by atoms with Gasteiger partial charge >= 0.3 is 5.63 Å². The third-order valence-electron chi connectivity index (χ3n) is 5.23. The number of hydrogen-bond acceptors (Lipinski definition) is 2. The normalized spacial score (nSPS) is 24.5. The minimum absolute atomic E-state index is 0.245. The molecule has 0 unspecified atom stereocenters. The molecular formula is C21H24NO2+. The molecule has 0 amide bonds. The minimum atomic E-state index is -0.245. The molecule has 3 heteroatoms. The Labute approximate surface area is 141 Å². The molecular weight excluding hydrogens is 298 g/mol.